The molecule has 0 bridgehead atoms. The summed E-state index contributed by atoms with van der Waals surface area (Å²) in [6, 6.07) is 12.3. The largest absolute Gasteiger partial charge is 0.357 e. The maximum atomic E-state index is 13.0. The first kappa shape index (κ1) is 15.4. The van der Waals surface area contributed by atoms with Gasteiger partial charge >= 0.3 is 0 Å². The van der Waals surface area contributed by atoms with Crippen molar-refractivity contribution in [3.63, 3.8) is 0 Å². The minimum absolute atomic E-state index is 0.0483. The molecule has 1 amide bonds. The maximum absolute atomic E-state index is 13.0. The molecule has 3 heterocycles. The first-order valence-electron chi connectivity index (χ1n) is 8.21. The molecule has 0 radical (unpaired) electrons. The highest BCUT2D eigenvalue weighted by Crippen LogP contribution is 2.33. The number of carbonyl (C=O) groups excluding carboxylic acids is 1. The van der Waals surface area contributed by atoms with Crippen LogP contribution >= 0.6 is 15.9 Å². The topological polar surface area (TPSA) is 49.0 Å². The third-order valence-electron chi connectivity index (χ3n) is 4.63. The molecule has 4 rings (SSSR count). The van der Waals surface area contributed by atoms with Gasteiger partial charge in [0.2, 0.25) is 0 Å². The van der Waals surface area contributed by atoms with Crippen LogP contribution in [0.4, 0.5) is 0 Å². The zero-order valence-corrected chi connectivity index (χ0v) is 14.8. The van der Waals surface area contributed by atoms with Crippen molar-refractivity contribution in [3.8, 4) is 0 Å². The second kappa shape index (κ2) is 6.40. The number of aromatic amines is 1. The Balaban J connectivity index is 1.69. The molecule has 0 unspecified atom stereocenters. The normalized spacial score (nSPS) is 18.0. The summed E-state index contributed by atoms with van der Waals surface area (Å²) >= 11 is 3.40. The number of piperidine rings is 1. The molecule has 1 aromatic carbocycles. The Morgan fingerprint density at radius 1 is 1.21 bits per heavy atom. The molecule has 1 fully saturated rings. The van der Waals surface area contributed by atoms with Crippen LogP contribution in [0.25, 0.3) is 10.9 Å². The van der Waals surface area contributed by atoms with Gasteiger partial charge in [0, 0.05) is 34.6 Å². The van der Waals surface area contributed by atoms with E-state index in [0.29, 0.717) is 5.56 Å². The summed E-state index contributed by atoms with van der Waals surface area (Å²) in [5.74, 6) is 0.0483. The van der Waals surface area contributed by atoms with Crippen molar-refractivity contribution < 1.29 is 4.79 Å². The minimum atomic E-state index is 0.0483. The summed E-state index contributed by atoms with van der Waals surface area (Å²) in [7, 11) is 0. The summed E-state index contributed by atoms with van der Waals surface area (Å²) in [4.78, 5) is 22.6. The third kappa shape index (κ3) is 2.84. The van der Waals surface area contributed by atoms with E-state index in [1.54, 1.807) is 12.4 Å². The molecule has 4 nitrogen and oxygen atoms in total. The van der Waals surface area contributed by atoms with E-state index in [1.165, 1.54) is 5.39 Å². The summed E-state index contributed by atoms with van der Waals surface area (Å²) < 4.78 is 0.826. The molecule has 1 N–H and O–H groups in total. The number of fused-ring (bicyclic) bond motifs is 1. The zero-order chi connectivity index (χ0) is 16.5. The van der Waals surface area contributed by atoms with Crippen LogP contribution in [0.2, 0.25) is 0 Å². The van der Waals surface area contributed by atoms with Crippen molar-refractivity contribution in [2.45, 2.75) is 25.3 Å². The molecular weight excluding hydrogens is 366 g/mol. The van der Waals surface area contributed by atoms with Gasteiger partial charge in [-0.2, -0.15) is 0 Å². The van der Waals surface area contributed by atoms with Gasteiger partial charge in [-0.3, -0.25) is 9.78 Å². The first-order chi connectivity index (χ1) is 11.7. The number of nitrogens with zero attached hydrogens (tertiary/aromatic N) is 2. The number of carbonyl (C=O) groups is 1. The fourth-order valence-corrected chi connectivity index (χ4v) is 3.83. The maximum Gasteiger partial charge on any atom is 0.256 e. The molecule has 5 heteroatoms. The van der Waals surface area contributed by atoms with Crippen LogP contribution in [-0.2, 0) is 0 Å². The number of rotatable bonds is 2. The van der Waals surface area contributed by atoms with Crippen molar-refractivity contribution in [2.24, 2.45) is 0 Å². The van der Waals surface area contributed by atoms with E-state index < -0.39 is 0 Å². The van der Waals surface area contributed by atoms with E-state index in [9.17, 15) is 4.79 Å². The van der Waals surface area contributed by atoms with Crippen molar-refractivity contribution >= 4 is 32.7 Å². The van der Waals surface area contributed by atoms with E-state index in [1.807, 2.05) is 23.1 Å². The van der Waals surface area contributed by atoms with E-state index in [0.717, 1.165) is 41.5 Å². The average Bonchev–Trinajstić information content (AvgIpc) is 3.05. The molecule has 3 aromatic rings. The molecule has 24 heavy (non-hydrogen) atoms. The quantitative estimate of drug-likeness (QED) is 0.697. The SMILES string of the molecule is O=C(c1cncc(Br)c1)N1CCCC[C@H]1c1cc2ccccc2[nH]1. The Morgan fingerprint density at radius 2 is 2.08 bits per heavy atom. The number of nitrogens with one attached hydrogen (secondary N) is 1. The number of aromatic nitrogens is 2. The van der Waals surface area contributed by atoms with Crippen LogP contribution in [0, 0.1) is 0 Å². The number of halogens is 1. The monoisotopic (exact) mass is 383 g/mol. The molecule has 0 saturated carbocycles. The molecule has 1 atom stereocenters. The Hall–Kier alpha value is -2.14. The van der Waals surface area contributed by atoms with Gasteiger partial charge in [-0.25, -0.2) is 0 Å². The number of pyridine rings is 1. The van der Waals surface area contributed by atoms with Gasteiger partial charge in [0.1, 0.15) is 0 Å². The van der Waals surface area contributed by atoms with E-state index in [-0.39, 0.29) is 11.9 Å². The van der Waals surface area contributed by atoms with E-state index in [4.69, 9.17) is 0 Å². The fourth-order valence-electron chi connectivity index (χ4n) is 3.47. The number of amides is 1. The molecular formula is C19H18BrN3O. The van der Waals surface area contributed by atoms with Crippen molar-refractivity contribution in [3.05, 3.63) is 64.5 Å². The first-order valence-corrected chi connectivity index (χ1v) is 9.01. The molecule has 2 aromatic heterocycles. The number of hydrogen-bond donors (Lipinski definition) is 1. The van der Waals surface area contributed by atoms with Crippen LogP contribution < -0.4 is 0 Å². The summed E-state index contributed by atoms with van der Waals surface area (Å²) in [5.41, 5.74) is 2.87. The molecule has 0 aliphatic carbocycles. The fraction of sp³-hybridized carbons (Fsp3) is 0.263. The summed E-state index contributed by atoms with van der Waals surface area (Å²) in [6.45, 7) is 0.783. The number of H-pyrrole nitrogens is 1. The lowest BCUT2D eigenvalue weighted by atomic mass is 9.98. The third-order valence-corrected chi connectivity index (χ3v) is 5.06. The highest BCUT2D eigenvalue weighted by Gasteiger charge is 2.30. The Kier molecular flexibility index (Phi) is 4.10. The van der Waals surface area contributed by atoms with Gasteiger partial charge in [0.15, 0.2) is 0 Å². The number of hydrogen-bond acceptors (Lipinski definition) is 2. The molecule has 122 valence electrons. The van der Waals surface area contributed by atoms with Gasteiger partial charge < -0.3 is 9.88 Å². The molecule has 1 aliphatic heterocycles. The summed E-state index contributed by atoms with van der Waals surface area (Å²) in [6.07, 6.45) is 6.51. The van der Waals surface area contributed by atoms with Gasteiger partial charge in [-0.15, -0.1) is 0 Å². The lowest BCUT2D eigenvalue weighted by Gasteiger charge is -2.35. The lowest BCUT2D eigenvalue weighted by Crippen LogP contribution is -2.38. The zero-order valence-electron chi connectivity index (χ0n) is 13.2. The van der Waals surface area contributed by atoms with Gasteiger partial charge in [-0.1, -0.05) is 18.2 Å². The highest BCUT2D eigenvalue weighted by atomic mass is 79.9. The van der Waals surface area contributed by atoms with Gasteiger partial charge in [0.05, 0.1) is 11.6 Å². The Morgan fingerprint density at radius 3 is 2.92 bits per heavy atom. The minimum Gasteiger partial charge on any atom is -0.357 e. The van der Waals surface area contributed by atoms with Crippen LogP contribution in [0.3, 0.4) is 0 Å². The molecule has 1 saturated heterocycles. The van der Waals surface area contributed by atoms with E-state index >= 15 is 0 Å². The predicted octanol–water partition coefficient (Wildman–Crippen LogP) is 4.69. The van der Waals surface area contributed by atoms with Crippen LogP contribution in [0.1, 0.15) is 41.4 Å². The van der Waals surface area contributed by atoms with Crippen molar-refractivity contribution in [2.75, 3.05) is 6.54 Å². The second-order valence-corrected chi connectivity index (χ2v) is 7.13. The number of para-hydroxylation sites is 1. The number of benzene rings is 1. The predicted molar refractivity (Wildman–Crippen MR) is 97.9 cm³/mol. The lowest BCUT2D eigenvalue weighted by molar-refractivity contribution is 0.0606. The average molecular weight is 384 g/mol. The van der Waals surface area contributed by atoms with Crippen LogP contribution in [0.15, 0.2) is 53.3 Å². The Bertz CT molecular complexity index is 856. The van der Waals surface area contributed by atoms with Gasteiger partial charge in [0.25, 0.3) is 5.91 Å². The molecule has 1 aliphatic rings. The second-order valence-electron chi connectivity index (χ2n) is 6.21. The van der Waals surface area contributed by atoms with Gasteiger partial charge in [-0.05, 0) is 58.8 Å². The summed E-state index contributed by atoms with van der Waals surface area (Å²) in [5, 5.41) is 1.19. The highest BCUT2D eigenvalue weighted by molar-refractivity contribution is 9.10. The Labute approximate surface area is 149 Å². The van der Waals surface area contributed by atoms with Crippen LogP contribution in [0.5, 0.6) is 0 Å². The van der Waals surface area contributed by atoms with Crippen LogP contribution in [-0.4, -0.2) is 27.3 Å². The van der Waals surface area contributed by atoms with E-state index in [2.05, 4.69) is 44.1 Å². The smallest absolute Gasteiger partial charge is 0.256 e. The number of likely N-dealkylation sites (tertiary alicyclic amines) is 1. The standard InChI is InChI=1S/C19H18BrN3O/c20-15-9-14(11-21-12-15)19(24)23-8-4-3-7-18(23)17-10-13-5-1-2-6-16(13)22-17/h1-2,5-6,9-12,18,22H,3-4,7-8H2/t18-/m0/s1. The van der Waals surface area contributed by atoms with Crippen molar-refractivity contribution in [1.82, 2.24) is 14.9 Å². The van der Waals surface area contributed by atoms with Crippen molar-refractivity contribution in [1.29, 1.82) is 0 Å². The molecule has 0 spiro atoms.